The molecule has 0 radical (unpaired) electrons. The molecule has 0 saturated heterocycles. The molecule has 1 saturated carbocycles. The van der Waals surface area contributed by atoms with Crippen LogP contribution in [0.3, 0.4) is 0 Å². The number of hydrogen-bond donors (Lipinski definition) is 1. The van der Waals surface area contributed by atoms with Crippen LogP contribution in [0.4, 0.5) is 0 Å². The van der Waals surface area contributed by atoms with Crippen LogP contribution in [0.1, 0.15) is 45.1 Å². The lowest BCUT2D eigenvalue weighted by atomic mass is 9.90. The molecular formula is C17H25NO3. The Morgan fingerprint density at radius 3 is 2.43 bits per heavy atom. The van der Waals surface area contributed by atoms with Crippen LogP contribution < -0.4 is 10.1 Å². The Bertz CT molecular complexity index is 465. The van der Waals surface area contributed by atoms with Crippen molar-refractivity contribution in [2.24, 2.45) is 0 Å². The lowest BCUT2D eigenvalue weighted by Crippen LogP contribution is -2.51. The highest BCUT2D eigenvalue weighted by molar-refractivity contribution is 5.82. The number of hydrogen-bond acceptors (Lipinski definition) is 4. The summed E-state index contributed by atoms with van der Waals surface area (Å²) in [5, 5.41) is 3.52. The van der Waals surface area contributed by atoms with Gasteiger partial charge < -0.3 is 9.47 Å². The molecule has 1 aromatic rings. The van der Waals surface area contributed by atoms with Crippen molar-refractivity contribution in [2.75, 3.05) is 13.7 Å². The highest BCUT2D eigenvalue weighted by atomic mass is 16.5. The first-order valence-corrected chi connectivity index (χ1v) is 7.69. The molecule has 1 N–H and O–H groups in total. The predicted molar refractivity (Wildman–Crippen MR) is 82.4 cm³/mol. The van der Waals surface area contributed by atoms with Crippen molar-refractivity contribution in [3.63, 3.8) is 0 Å². The first kappa shape index (κ1) is 15.8. The topological polar surface area (TPSA) is 47.6 Å². The number of benzene rings is 1. The van der Waals surface area contributed by atoms with Crippen molar-refractivity contribution in [1.82, 2.24) is 5.32 Å². The minimum Gasteiger partial charge on any atom is -0.497 e. The average molecular weight is 291 g/mol. The molecule has 0 bridgehead atoms. The zero-order valence-electron chi connectivity index (χ0n) is 13.1. The Labute approximate surface area is 126 Å². The van der Waals surface area contributed by atoms with E-state index in [1.807, 2.05) is 38.1 Å². The largest absolute Gasteiger partial charge is 0.497 e. The van der Waals surface area contributed by atoms with E-state index in [-0.39, 0.29) is 5.97 Å². The summed E-state index contributed by atoms with van der Waals surface area (Å²) in [6, 6.07) is 7.99. The third-order valence-electron chi connectivity index (χ3n) is 4.20. The molecular weight excluding hydrogens is 266 g/mol. The van der Waals surface area contributed by atoms with Gasteiger partial charge in [0.15, 0.2) is 0 Å². The van der Waals surface area contributed by atoms with Crippen molar-refractivity contribution in [3.8, 4) is 5.75 Å². The first-order valence-electron chi connectivity index (χ1n) is 7.69. The van der Waals surface area contributed by atoms with Gasteiger partial charge in [-0.1, -0.05) is 25.0 Å². The number of nitrogens with one attached hydrogen (secondary N) is 1. The second-order valence-electron chi connectivity index (χ2n) is 5.70. The van der Waals surface area contributed by atoms with Crippen molar-refractivity contribution in [2.45, 2.75) is 51.1 Å². The summed E-state index contributed by atoms with van der Waals surface area (Å²) in [5.41, 5.74) is 0.103. The van der Waals surface area contributed by atoms with Gasteiger partial charge in [-0.3, -0.25) is 5.32 Å². The van der Waals surface area contributed by atoms with Gasteiger partial charge >= 0.3 is 5.97 Å². The van der Waals surface area contributed by atoms with E-state index in [2.05, 4.69) is 5.32 Å². The summed E-state index contributed by atoms with van der Waals surface area (Å²) in [7, 11) is 1.64. The number of carbonyl (C=O) groups excluding carboxylic acids is 1. The summed E-state index contributed by atoms with van der Waals surface area (Å²) in [6.45, 7) is 4.13. The Morgan fingerprint density at radius 2 is 1.90 bits per heavy atom. The summed E-state index contributed by atoms with van der Waals surface area (Å²) >= 11 is 0. The minimum atomic E-state index is -0.808. The van der Waals surface area contributed by atoms with E-state index in [0.717, 1.165) is 24.2 Å². The maximum atomic E-state index is 12.5. The van der Waals surface area contributed by atoms with Crippen LogP contribution >= 0.6 is 0 Å². The fourth-order valence-electron chi connectivity index (χ4n) is 2.94. The van der Waals surface area contributed by atoms with Gasteiger partial charge in [-0.15, -0.1) is 0 Å². The second kappa shape index (κ2) is 6.94. The van der Waals surface area contributed by atoms with E-state index in [4.69, 9.17) is 9.47 Å². The number of ether oxygens (including phenoxy) is 2. The highest BCUT2D eigenvalue weighted by Gasteiger charge is 2.39. The van der Waals surface area contributed by atoms with E-state index in [9.17, 15) is 4.79 Å². The monoisotopic (exact) mass is 291 g/mol. The van der Waals surface area contributed by atoms with E-state index in [1.54, 1.807) is 7.11 Å². The third kappa shape index (κ3) is 3.56. The molecule has 1 unspecified atom stereocenters. The van der Waals surface area contributed by atoms with Gasteiger partial charge in [0.25, 0.3) is 0 Å². The molecule has 0 spiro atoms. The van der Waals surface area contributed by atoms with Crippen LogP contribution in [0, 0.1) is 0 Å². The lowest BCUT2D eigenvalue weighted by Gasteiger charge is -2.32. The Morgan fingerprint density at radius 1 is 1.29 bits per heavy atom. The van der Waals surface area contributed by atoms with Crippen molar-refractivity contribution < 1.29 is 14.3 Å². The van der Waals surface area contributed by atoms with Crippen LogP contribution in [0.5, 0.6) is 5.75 Å². The van der Waals surface area contributed by atoms with Gasteiger partial charge in [0.2, 0.25) is 0 Å². The van der Waals surface area contributed by atoms with Gasteiger partial charge in [-0.2, -0.15) is 0 Å². The SMILES string of the molecule is CCOC(=O)C(C)(NC1CCCC1)c1ccc(OC)cc1. The van der Waals surface area contributed by atoms with Crippen LogP contribution in [-0.2, 0) is 15.1 Å². The van der Waals surface area contributed by atoms with E-state index >= 15 is 0 Å². The Balaban J connectivity index is 2.26. The third-order valence-corrected chi connectivity index (χ3v) is 4.20. The molecule has 1 aromatic carbocycles. The minimum absolute atomic E-state index is 0.220. The summed E-state index contributed by atoms with van der Waals surface area (Å²) in [4.78, 5) is 12.5. The molecule has 0 amide bonds. The number of methoxy groups -OCH3 is 1. The van der Waals surface area contributed by atoms with Gasteiger partial charge in [0.05, 0.1) is 13.7 Å². The average Bonchev–Trinajstić information content (AvgIpc) is 3.00. The molecule has 4 nitrogen and oxygen atoms in total. The molecule has 2 rings (SSSR count). The number of carbonyl (C=O) groups is 1. The smallest absolute Gasteiger partial charge is 0.330 e. The summed E-state index contributed by atoms with van der Waals surface area (Å²) < 4.78 is 10.5. The van der Waals surface area contributed by atoms with Crippen LogP contribution in [-0.4, -0.2) is 25.7 Å². The maximum Gasteiger partial charge on any atom is 0.330 e. The standard InChI is InChI=1S/C17H25NO3/c1-4-21-16(19)17(2,18-14-7-5-6-8-14)13-9-11-15(20-3)12-10-13/h9-12,14,18H,4-8H2,1-3H3. The zero-order chi connectivity index (χ0) is 15.3. The fraction of sp³-hybridized carbons (Fsp3) is 0.588. The van der Waals surface area contributed by atoms with Crippen molar-refractivity contribution in [1.29, 1.82) is 0 Å². The van der Waals surface area contributed by atoms with E-state index in [0.29, 0.717) is 12.6 Å². The molecule has 1 atom stereocenters. The van der Waals surface area contributed by atoms with Gasteiger partial charge in [-0.05, 0) is 44.4 Å². The Hall–Kier alpha value is -1.55. The molecule has 116 valence electrons. The summed E-state index contributed by atoms with van der Waals surface area (Å²) in [5.74, 6) is 0.563. The van der Waals surface area contributed by atoms with Crippen molar-refractivity contribution >= 4 is 5.97 Å². The molecule has 4 heteroatoms. The quantitative estimate of drug-likeness (QED) is 0.819. The van der Waals surface area contributed by atoms with Gasteiger partial charge in [0, 0.05) is 6.04 Å². The molecule has 0 aliphatic heterocycles. The molecule has 1 aliphatic carbocycles. The fourth-order valence-corrected chi connectivity index (χ4v) is 2.94. The molecule has 21 heavy (non-hydrogen) atoms. The van der Waals surface area contributed by atoms with Crippen molar-refractivity contribution in [3.05, 3.63) is 29.8 Å². The van der Waals surface area contributed by atoms with Crippen LogP contribution in [0.15, 0.2) is 24.3 Å². The zero-order valence-corrected chi connectivity index (χ0v) is 13.1. The number of rotatable bonds is 6. The maximum absolute atomic E-state index is 12.5. The highest BCUT2D eigenvalue weighted by Crippen LogP contribution is 2.29. The van der Waals surface area contributed by atoms with Gasteiger partial charge in [-0.25, -0.2) is 4.79 Å². The molecule has 1 aliphatic rings. The van der Waals surface area contributed by atoms with E-state index in [1.165, 1.54) is 12.8 Å². The first-order chi connectivity index (χ1) is 10.1. The second-order valence-corrected chi connectivity index (χ2v) is 5.70. The number of esters is 1. The van der Waals surface area contributed by atoms with E-state index < -0.39 is 5.54 Å². The molecule has 0 aromatic heterocycles. The normalized spacial score (nSPS) is 18.2. The molecule has 0 heterocycles. The predicted octanol–water partition coefficient (Wildman–Crippen LogP) is 3.01. The van der Waals surface area contributed by atoms with Crippen LogP contribution in [0.2, 0.25) is 0 Å². The lowest BCUT2D eigenvalue weighted by molar-refractivity contribution is -0.151. The van der Waals surface area contributed by atoms with Crippen LogP contribution in [0.25, 0.3) is 0 Å². The summed E-state index contributed by atoms with van der Waals surface area (Å²) in [6.07, 6.45) is 4.68. The Kier molecular flexibility index (Phi) is 5.23. The molecule has 1 fully saturated rings. The van der Waals surface area contributed by atoms with Gasteiger partial charge in [0.1, 0.15) is 11.3 Å².